The van der Waals surface area contributed by atoms with Gasteiger partial charge in [0.1, 0.15) is 0 Å². The summed E-state index contributed by atoms with van der Waals surface area (Å²) in [7, 11) is 0. The molecule has 0 amide bonds. The normalized spacial score (nSPS) is 58.5. The number of hydrogen-bond donors (Lipinski definition) is 3. The van der Waals surface area contributed by atoms with Gasteiger partial charge in [-0.05, 0) is 93.8 Å². The van der Waals surface area contributed by atoms with Gasteiger partial charge in [0, 0.05) is 5.41 Å². The number of aliphatic hydroxyl groups excluding tert-OH is 2. The minimum atomic E-state index is -0.900. The summed E-state index contributed by atoms with van der Waals surface area (Å²) in [6.45, 7) is 6.53. The molecule has 9 atom stereocenters. The zero-order chi connectivity index (χ0) is 17.3. The van der Waals surface area contributed by atoms with Crippen LogP contribution >= 0.6 is 0 Å². The summed E-state index contributed by atoms with van der Waals surface area (Å²) < 4.78 is 0. The van der Waals surface area contributed by atoms with Gasteiger partial charge in [0.15, 0.2) is 0 Å². The first-order chi connectivity index (χ1) is 11.2. The fraction of sp³-hybridized carbons (Fsp3) is 1.00. The molecule has 0 unspecified atom stereocenters. The van der Waals surface area contributed by atoms with E-state index >= 15 is 0 Å². The molecule has 4 rings (SSSR count). The lowest BCUT2D eigenvalue weighted by Crippen LogP contribution is -2.59. The Hall–Kier alpha value is -0.120. The number of fused-ring (bicyclic) bond motifs is 5. The first kappa shape index (κ1) is 17.3. The Morgan fingerprint density at radius 1 is 0.917 bits per heavy atom. The van der Waals surface area contributed by atoms with Crippen LogP contribution in [0.15, 0.2) is 0 Å². The highest BCUT2D eigenvalue weighted by molar-refractivity contribution is 5.15. The maximum absolute atomic E-state index is 11.3. The summed E-state index contributed by atoms with van der Waals surface area (Å²) in [5.41, 5.74) is -0.641. The van der Waals surface area contributed by atoms with Gasteiger partial charge in [-0.2, -0.15) is 0 Å². The predicted octanol–water partition coefficient (Wildman–Crippen LogP) is 3.50. The SMILES string of the molecule is C[C@@H](O)[C@@]1(O)CC[C@@H]2[C@@H]3CC[C@H]4C[C@@H](O)CC[C@@]4(C)[C@@H]3CC[C@@]21C. The molecule has 0 heterocycles. The summed E-state index contributed by atoms with van der Waals surface area (Å²) in [5.74, 6) is 2.69. The molecule has 4 aliphatic carbocycles. The molecule has 0 aromatic rings. The first-order valence-corrected chi connectivity index (χ1v) is 10.3. The third kappa shape index (κ3) is 2.07. The lowest BCUT2D eigenvalue weighted by Gasteiger charge is -2.61. The topological polar surface area (TPSA) is 60.7 Å². The van der Waals surface area contributed by atoms with Gasteiger partial charge < -0.3 is 15.3 Å². The van der Waals surface area contributed by atoms with Crippen molar-refractivity contribution in [3.63, 3.8) is 0 Å². The van der Waals surface area contributed by atoms with Crippen LogP contribution in [0.25, 0.3) is 0 Å². The van der Waals surface area contributed by atoms with E-state index in [0.29, 0.717) is 23.2 Å². The summed E-state index contributed by atoms with van der Waals surface area (Å²) in [6.07, 6.45) is 8.99. The fourth-order valence-corrected chi connectivity index (χ4v) is 7.97. The van der Waals surface area contributed by atoms with Crippen molar-refractivity contribution in [3.05, 3.63) is 0 Å². The molecule has 0 aliphatic heterocycles. The molecule has 24 heavy (non-hydrogen) atoms. The van der Waals surface area contributed by atoms with Crippen molar-refractivity contribution >= 4 is 0 Å². The van der Waals surface area contributed by atoms with Crippen molar-refractivity contribution in [1.82, 2.24) is 0 Å². The summed E-state index contributed by atoms with van der Waals surface area (Å²) in [6, 6.07) is 0. The molecule has 4 fully saturated rings. The summed E-state index contributed by atoms with van der Waals surface area (Å²) in [4.78, 5) is 0. The third-order valence-electron chi connectivity index (χ3n) is 9.54. The largest absolute Gasteiger partial charge is 0.393 e. The fourth-order valence-electron chi connectivity index (χ4n) is 7.97. The number of hydrogen-bond acceptors (Lipinski definition) is 3. The maximum atomic E-state index is 11.3. The van der Waals surface area contributed by atoms with Crippen molar-refractivity contribution < 1.29 is 15.3 Å². The van der Waals surface area contributed by atoms with Crippen molar-refractivity contribution in [1.29, 1.82) is 0 Å². The molecular weight excluding hydrogens is 300 g/mol. The average Bonchev–Trinajstić information content (AvgIpc) is 2.81. The van der Waals surface area contributed by atoms with E-state index in [2.05, 4.69) is 13.8 Å². The molecule has 4 aliphatic rings. The van der Waals surface area contributed by atoms with Crippen LogP contribution in [0.5, 0.6) is 0 Å². The molecule has 3 N–H and O–H groups in total. The van der Waals surface area contributed by atoms with E-state index in [1.165, 1.54) is 25.7 Å². The predicted molar refractivity (Wildman–Crippen MR) is 94.4 cm³/mol. The summed E-state index contributed by atoms with van der Waals surface area (Å²) in [5, 5.41) is 31.7. The Balaban J connectivity index is 1.63. The molecule has 0 radical (unpaired) electrons. The molecule has 0 aromatic heterocycles. The Kier molecular flexibility index (Phi) is 3.92. The van der Waals surface area contributed by atoms with E-state index in [0.717, 1.165) is 38.0 Å². The molecule has 0 aromatic carbocycles. The zero-order valence-corrected chi connectivity index (χ0v) is 15.7. The zero-order valence-electron chi connectivity index (χ0n) is 15.7. The van der Waals surface area contributed by atoms with E-state index in [4.69, 9.17) is 0 Å². The Morgan fingerprint density at radius 3 is 2.33 bits per heavy atom. The Morgan fingerprint density at radius 2 is 1.62 bits per heavy atom. The third-order valence-corrected chi connectivity index (χ3v) is 9.54. The van der Waals surface area contributed by atoms with Crippen LogP contribution in [0.4, 0.5) is 0 Å². The van der Waals surface area contributed by atoms with E-state index in [1.54, 1.807) is 6.92 Å². The highest BCUT2D eigenvalue weighted by Gasteiger charge is 2.65. The molecular formula is C21H36O3. The monoisotopic (exact) mass is 336 g/mol. The van der Waals surface area contributed by atoms with Crippen LogP contribution in [0.2, 0.25) is 0 Å². The summed E-state index contributed by atoms with van der Waals surface area (Å²) >= 11 is 0. The number of aliphatic hydroxyl groups is 3. The van der Waals surface area contributed by atoms with Crippen molar-refractivity contribution in [2.45, 2.75) is 96.4 Å². The highest BCUT2D eigenvalue weighted by Crippen LogP contribution is 2.68. The second-order valence-corrected chi connectivity index (χ2v) is 10.2. The molecule has 0 bridgehead atoms. The van der Waals surface area contributed by atoms with Gasteiger partial charge in [0.05, 0.1) is 17.8 Å². The Bertz CT molecular complexity index is 505. The maximum Gasteiger partial charge on any atom is 0.0958 e. The van der Waals surface area contributed by atoms with Crippen LogP contribution in [-0.2, 0) is 0 Å². The lowest BCUT2D eigenvalue weighted by atomic mass is 9.44. The Labute approximate surface area is 146 Å². The van der Waals surface area contributed by atoms with Crippen LogP contribution in [-0.4, -0.2) is 33.1 Å². The standard InChI is InChI=1S/C21H36O3/c1-13(22)21(24)11-8-18-16-5-4-14-12-15(23)6-9-19(14,2)17(16)7-10-20(18,21)3/h13-18,22-24H,4-12H2,1-3H3/t13-,14+,15+,16-,17-,18-,19-,20+,21+/m1/s1. The van der Waals surface area contributed by atoms with Crippen LogP contribution in [0.3, 0.4) is 0 Å². The average molecular weight is 337 g/mol. The molecule has 0 spiro atoms. The van der Waals surface area contributed by atoms with E-state index in [-0.39, 0.29) is 11.5 Å². The van der Waals surface area contributed by atoms with Crippen LogP contribution < -0.4 is 0 Å². The first-order valence-electron chi connectivity index (χ1n) is 10.3. The molecule has 4 saturated carbocycles. The molecule has 3 heteroatoms. The molecule has 0 saturated heterocycles. The minimum absolute atomic E-state index is 0.0831. The van der Waals surface area contributed by atoms with Gasteiger partial charge in [0.25, 0.3) is 0 Å². The smallest absolute Gasteiger partial charge is 0.0958 e. The van der Waals surface area contributed by atoms with E-state index in [9.17, 15) is 15.3 Å². The van der Waals surface area contributed by atoms with Gasteiger partial charge >= 0.3 is 0 Å². The van der Waals surface area contributed by atoms with Crippen molar-refractivity contribution in [2.75, 3.05) is 0 Å². The van der Waals surface area contributed by atoms with Crippen LogP contribution in [0, 0.1) is 34.5 Å². The van der Waals surface area contributed by atoms with Crippen LogP contribution in [0.1, 0.15) is 78.6 Å². The van der Waals surface area contributed by atoms with Crippen molar-refractivity contribution in [2.24, 2.45) is 34.5 Å². The van der Waals surface area contributed by atoms with Gasteiger partial charge in [-0.25, -0.2) is 0 Å². The van der Waals surface area contributed by atoms with Gasteiger partial charge in [-0.15, -0.1) is 0 Å². The number of rotatable bonds is 1. The minimum Gasteiger partial charge on any atom is -0.393 e. The lowest BCUT2D eigenvalue weighted by molar-refractivity contribution is -0.186. The molecule has 138 valence electrons. The van der Waals surface area contributed by atoms with E-state index in [1.807, 2.05) is 0 Å². The quantitative estimate of drug-likeness (QED) is 0.687. The van der Waals surface area contributed by atoms with Gasteiger partial charge in [0.2, 0.25) is 0 Å². The second kappa shape index (κ2) is 5.44. The second-order valence-electron chi connectivity index (χ2n) is 10.2. The highest BCUT2D eigenvalue weighted by atomic mass is 16.3. The van der Waals surface area contributed by atoms with Gasteiger partial charge in [-0.1, -0.05) is 13.8 Å². The van der Waals surface area contributed by atoms with Gasteiger partial charge in [-0.3, -0.25) is 0 Å². The van der Waals surface area contributed by atoms with Crippen molar-refractivity contribution in [3.8, 4) is 0 Å². The van der Waals surface area contributed by atoms with E-state index < -0.39 is 11.7 Å². The molecule has 3 nitrogen and oxygen atoms in total.